The van der Waals surface area contributed by atoms with Gasteiger partial charge in [0, 0.05) is 26.1 Å². The van der Waals surface area contributed by atoms with Crippen molar-refractivity contribution in [1.82, 2.24) is 0 Å². The zero-order chi connectivity index (χ0) is 14.0. The van der Waals surface area contributed by atoms with Crippen LogP contribution in [0.15, 0.2) is 22.7 Å². The molecule has 1 aromatic rings. The van der Waals surface area contributed by atoms with Crippen molar-refractivity contribution in [2.75, 3.05) is 19.8 Å². The molecule has 1 aromatic carbocycles. The highest BCUT2D eigenvalue weighted by Crippen LogP contribution is 2.36. The molecule has 0 aromatic heterocycles. The van der Waals surface area contributed by atoms with Gasteiger partial charge in [0.25, 0.3) is 0 Å². The van der Waals surface area contributed by atoms with Crippen molar-refractivity contribution in [1.29, 1.82) is 0 Å². The molecule has 5 heteroatoms. The van der Waals surface area contributed by atoms with Crippen molar-refractivity contribution in [3.05, 3.63) is 28.5 Å². The first-order chi connectivity index (χ1) is 9.67. The number of hydrogen-bond donors (Lipinski definition) is 0. The molecule has 2 saturated heterocycles. The number of rotatable bonds is 2. The minimum absolute atomic E-state index is 0.0849. The lowest BCUT2D eigenvalue weighted by Crippen LogP contribution is -2.47. The van der Waals surface area contributed by atoms with Crippen LogP contribution >= 0.6 is 15.9 Å². The van der Waals surface area contributed by atoms with Crippen molar-refractivity contribution in [3.63, 3.8) is 0 Å². The maximum absolute atomic E-state index is 13.2. The van der Waals surface area contributed by atoms with E-state index in [1.807, 2.05) is 0 Å². The lowest BCUT2D eigenvalue weighted by Gasteiger charge is -2.43. The minimum atomic E-state index is -0.273. The SMILES string of the molecule is Fc1ccc(OC2CCOC3(CCOCC3)C2)cc1Br. The number of ether oxygens (including phenoxy) is 3. The van der Waals surface area contributed by atoms with Gasteiger partial charge in [0.1, 0.15) is 17.7 Å². The van der Waals surface area contributed by atoms with Gasteiger partial charge in [0.2, 0.25) is 0 Å². The third kappa shape index (κ3) is 3.15. The zero-order valence-electron chi connectivity index (χ0n) is 11.2. The van der Waals surface area contributed by atoms with Crippen molar-refractivity contribution in [3.8, 4) is 5.75 Å². The summed E-state index contributed by atoms with van der Waals surface area (Å²) in [5.41, 5.74) is -0.0849. The van der Waals surface area contributed by atoms with Crippen LogP contribution in [0, 0.1) is 5.82 Å². The van der Waals surface area contributed by atoms with E-state index < -0.39 is 0 Å². The molecule has 0 radical (unpaired) electrons. The molecule has 20 heavy (non-hydrogen) atoms. The molecule has 1 unspecified atom stereocenters. The standard InChI is InChI=1S/C15H18BrFO3/c16-13-9-11(1-2-14(13)17)20-12-3-6-19-15(10-12)4-7-18-8-5-15/h1-2,9,12H,3-8,10H2. The van der Waals surface area contributed by atoms with Crippen LogP contribution in [-0.4, -0.2) is 31.5 Å². The van der Waals surface area contributed by atoms with Gasteiger partial charge in [-0.15, -0.1) is 0 Å². The Balaban J connectivity index is 1.66. The molecule has 0 amide bonds. The largest absolute Gasteiger partial charge is 0.490 e. The van der Waals surface area contributed by atoms with E-state index in [-0.39, 0.29) is 17.5 Å². The van der Waals surface area contributed by atoms with E-state index in [1.54, 1.807) is 12.1 Å². The van der Waals surface area contributed by atoms with Crippen molar-refractivity contribution >= 4 is 15.9 Å². The summed E-state index contributed by atoms with van der Waals surface area (Å²) in [5, 5.41) is 0. The molecule has 2 aliphatic rings. The third-order valence-electron chi connectivity index (χ3n) is 4.05. The summed E-state index contributed by atoms with van der Waals surface area (Å²) in [6.07, 6.45) is 3.74. The number of halogens is 2. The summed E-state index contributed by atoms with van der Waals surface area (Å²) in [5.74, 6) is 0.428. The predicted octanol–water partition coefficient (Wildman–Crippen LogP) is 3.70. The first-order valence-electron chi connectivity index (χ1n) is 7.00. The molecule has 2 aliphatic heterocycles. The molecule has 2 fully saturated rings. The van der Waals surface area contributed by atoms with Crippen LogP contribution in [0.2, 0.25) is 0 Å². The van der Waals surface area contributed by atoms with Crippen molar-refractivity contribution in [2.24, 2.45) is 0 Å². The van der Waals surface area contributed by atoms with Gasteiger partial charge in [0.05, 0.1) is 16.7 Å². The molecule has 1 spiro atoms. The van der Waals surface area contributed by atoms with Crippen LogP contribution in [0.25, 0.3) is 0 Å². The fourth-order valence-corrected chi connectivity index (χ4v) is 3.28. The smallest absolute Gasteiger partial charge is 0.137 e. The second kappa shape index (κ2) is 6.00. The van der Waals surface area contributed by atoms with E-state index in [9.17, 15) is 4.39 Å². The maximum Gasteiger partial charge on any atom is 0.137 e. The van der Waals surface area contributed by atoms with E-state index in [0.717, 1.165) is 38.9 Å². The van der Waals surface area contributed by atoms with E-state index in [4.69, 9.17) is 14.2 Å². The fourth-order valence-electron chi connectivity index (χ4n) is 2.92. The van der Waals surface area contributed by atoms with Gasteiger partial charge in [-0.25, -0.2) is 4.39 Å². The summed E-state index contributed by atoms with van der Waals surface area (Å²) in [6.45, 7) is 2.23. The molecular weight excluding hydrogens is 327 g/mol. The molecule has 0 N–H and O–H groups in total. The number of benzene rings is 1. The van der Waals surface area contributed by atoms with Gasteiger partial charge in [-0.05, 0) is 47.0 Å². The lowest BCUT2D eigenvalue weighted by molar-refractivity contribution is -0.155. The zero-order valence-corrected chi connectivity index (χ0v) is 12.8. The van der Waals surface area contributed by atoms with Crippen LogP contribution in [0.4, 0.5) is 4.39 Å². The number of hydrogen-bond acceptors (Lipinski definition) is 3. The van der Waals surface area contributed by atoms with E-state index in [2.05, 4.69) is 15.9 Å². The van der Waals surface area contributed by atoms with Crippen LogP contribution in [0.1, 0.15) is 25.7 Å². The van der Waals surface area contributed by atoms with Gasteiger partial charge < -0.3 is 14.2 Å². The monoisotopic (exact) mass is 344 g/mol. The Hall–Kier alpha value is -0.650. The van der Waals surface area contributed by atoms with Crippen LogP contribution in [-0.2, 0) is 9.47 Å². The van der Waals surface area contributed by atoms with E-state index in [1.165, 1.54) is 6.07 Å². The molecule has 0 saturated carbocycles. The Morgan fingerprint density at radius 1 is 1.25 bits per heavy atom. The van der Waals surface area contributed by atoms with Crippen LogP contribution in [0.3, 0.4) is 0 Å². The van der Waals surface area contributed by atoms with E-state index in [0.29, 0.717) is 16.8 Å². The average Bonchev–Trinajstić information content (AvgIpc) is 2.44. The molecule has 110 valence electrons. The summed E-state index contributed by atoms with van der Waals surface area (Å²) >= 11 is 3.18. The lowest BCUT2D eigenvalue weighted by atomic mass is 9.85. The first-order valence-corrected chi connectivity index (χ1v) is 7.80. The highest BCUT2D eigenvalue weighted by molar-refractivity contribution is 9.10. The molecule has 1 atom stereocenters. The fraction of sp³-hybridized carbons (Fsp3) is 0.600. The molecule has 3 rings (SSSR count). The summed E-state index contributed by atoms with van der Waals surface area (Å²) in [6, 6.07) is 4.77. The molecule has 0 bridgehead atoms. The van der Waals surface area contributed by atoms with Gasteiger partial charge >= 0.3 is 0 Å². The molecule has 0 aliphatic carbocycles. The second-order valence-electron chi connectivity index (χ2n) is 5.45. The Morgan fingerprint density at radius 2 is 2.05 bits per heavy atom. The predicted molar refractivity (Wildman–Crippen MR) is 76.5 cm³/mol. The van der Waals surface area contributed by atoms with Crippen LogP contribution in [0.5, 0.6) is 5.75 Å². The van der Waals surface area contributed by atoms with Crippen molar-refractivity contribution in [2.45, 2.75) is 37.4 Å². The summed E-state index contributed by atoms with van der Waals surface area (Å²) < 4.78 is 31.1. The normalized spacial score (nSPS) is 25.6. The molecule has 2 heterocycles. The van der Waals surface area contributed by atoms with Gasteiger partial charge in [-0.3, -0.25) is 0 Å². The van der Waals surface area contributed by atoms with Crippen molar-refractivity contribution < 1.29 is 18.6 Å². The highest BCUT2D eigenvalue weighted by Gasteiger charge is 2.39. The quantitative estimate of drug-likeness (QED) is 0.818. The highest BCUT2D eigenvalue weighted by atomic mass is 79.9. The summed E-state index contributed by atoms with van der Waals surface area (Å²) in [7, 11) is 0. The minimum Gasteiger partial charge on any atom is -0.490 e. The Bertz CT molecular complexity index is 469. The Labute approximate surface area is 126 Å². The average molecular weight is 345 g/mol. The first kappa shape index (κ1) is 14.3. The molecular formula is C15H18BrFO3. The Kier molecular flexibility index (Phi) is 4.29. The topological polar surface area (TPSA) is 27.7 Å². The molecule has 3 nitrogen and oxygen atoms in total. The van der Waals surface area contributed by atoms with Gasteiger partial charge in [-0.1, -0.05) is 0 Å². The third-order valence-corrected chi connectivity index (χ3v) is 4.65. The van der Waals surface area contributed by atoms with Gasteiger partial charge in [0.15, 0.2) is 0 Å². The van der Waals surface area contributed by atoms with Crippen LogP contribution < -0.4 is 4.74 Å². The summed E-state index contributed by atoms with van der Waals surface area (Å²) in [4.78, 5) is 0. The van der Waals surface area contributed by atoms with E-state index >= 15 is 0 Å². The second-order valence-corrected chi connectivity index (χ2v) is 6.31. The van der Waals surface area contributed by atoms with Gasteiger partial charge in [-0.2, -0.15) is 0 Å². The maximum atomic E-state index is 13.2. The Morgan fingerprint density at radius 3 is 2.80 bits per heavy atom.